The SMILES string of the molecule is CC(C)(C)OC(=O)N1CCC[C@H](Cc2cc(Cc3cccnc3)cc(Cl)n2)C1. The number of carbonyl (C=O) groups excluding carboxylic acids is 1. The summed E-state index contributed by atoms with van der Waals surface area (Å²) in [7, 11) is 0. The lowest BCUT2D eigenvalue weighted by Crippen LogP contribution is -2.43. The van der Waals surface area contributed by atoms with E-state index >= 15 is 0 Å². The van der Waals surface area contributed by atoms with E-state index < -0.39 is 5.60 Å². The first-order chi connectivity index (χ1) is 13.3. The van der Waals surface area contributed by atoms with Gasteiger partial charge in [-0.2, -0.15) is 0 Å². The summed E-state index contributed by atoms with van der Waals surface area (Å²) in [6.45, 7) is 7.13. The van der Waals surface area contributed by atoms with E-state index in [1.807, 2.05) is 44.0 Å². The van der Waals surface area contributed by atoms with E-state index in [1.54, 1.807) is 6.20 Å². The molecule has 1 fully saturated rings. The third kappa shape index (κ3) is 6.20. The number of ether oxygens (including phenoxy) is 1. The van der Waals surface area contributed by atoms with Crippen LogP contribution in [0, 0.1) is 5.92 Å². The molecule has 3 rings (SSSR count). The van der Waals surface area contributed by atoms with Gasteiger partial charge in [-0.05, 0) is 81.7 Å². The van der Waals surface area contributed by atoms with Gasteiger partial charge in [0, 0.05) is 31.2 Å². The summed E-state index contributed by atoms with van der Waals surface area (Å²) < 4.78 is 5.52. The maximum absolute atomic E-state index is 12.4. The van der Waals surface area contributed by atoms with Gasteiger partial charge in [-0.1, -0.05) is 17.7 Å². The van der Waals surface area contributed by atoms with E-state index in [0.29, 0.717) is 17.6 Å². The van der Waals surface area contributed by atoms with Gasteiger partial charge in [-0.3, -0.25) is 4.98 Å². The fraction of sp³-hybridized carbons (Fsp3) is 0.500. The number of rotatable bonds is 4. The maximum Gasteiger partial charge on any atom is 0.410 e. The number of halogens is 1. The Morgan fingerprint density at radius 1 is 1.32 bits per heavy atom. The zero-order chi connectivity index (χ0) is 20.1. The number of hydrogen-bond acceptors (Lipinski definition) is 4. The summed E-state index contributed by atoms with van der Waals surface area (Å²) in [5.74, 6) is 0.360. The smallest absolute Gasteiger partial charge is 0.410 e. The number of aromatic nitrogens is 2. The van der Waals surface area contributed by atoms with Crippen molar-refractivity contribution in [3.05, 3.63) is 58.6 Å². The van der Waals surface area contributed by atoms with Crippen molar-refractivity contribution in [1.82, 2.24) is 14.9 Å². The molecule has 0 saturated carbocycles. The van der Waals surface area contributed by atoms with Gasteiger partial charge < -0.3 is 9.64 Å². The normalized spacial score (nSPS) is 17.4. The topological polar surface area (TPSA) is 55.3 Å². The molecular weight excluding hydrogens is 374 g/mol. The Labute approximate surface area is 172 Å². The number of amides is 1. The second kappa shape index (κ2) is 8.91. The number of likely N-dealkylation sites (tertiary alicyclic amines) is 1. The summed E-state index contributed by atoms with van der Waals surface area (Å²) in [4.78, 5) is 22.9. The number of piperidine rings is 1. The minimum absolute atomic E-state index is 0.228. The van der Waals surface area contributed by atoms with Crippen molar-refractivity contribution in [2.75, 3.05) is 13.1 Å². The summed E-state index contributed by atoms with van der Waals surface area (Å²) in [6.07, 6.45) is 7.05. The Hall–Kier alpha value is -2.14. The molecule has 2 aromatic rings. The lowest BCUT2D eigenvalue weighted by molar-refractivity contribution is 0.0165. The first-order valence-corrected chi connectivity index (χ1v) is 10.2. The number of hydrogen-bond donors (Lipinski definition) is 0. The van der Waals surface area contributed by atoms with Gasteiger partial charge in [-0.15, -0.1) is 0 Å². The van der Waals surface area contributed by atoms with Gasteiger partial charge in [0.15, 0.2) is 0 Å². The van der Waals surface area contributed by atoms with E-state index in [2.05, 4.69) is 22.1 Å². The fourth-order valence-corrected chi connectivity index (χ4v) is 3.82. The Morgan fingerprint density at radius 3 is 2.86 bits per heavy atom. The molecular formula is C22H28ClN3O2. The molecule has 0 aliphatic carbocycles. The van der Waals surface area contributed by atoms with E-state index in [0.717, 1.165) is 49.0 Å². The van der Waals surface area contributed by atoms with E-state index in [-0.39, 0.29) is 6.09 Å². The Morgan fingerprint density at radius 2 is 2.14 bits per heavy atom. The highest BCUT2D eigenvalue weighted by Crippen LogP contribution is 2.24. The van der Waals surface area contributed by atoms with Crippen molar-refractivity contribution in [3.63, 3.8) is 0 Å². The van der Waals surface area contributed by atoms with Crippen LogP contribution in [0.5, 0.6) is 0 Å². The van der Waals surface area contributed by atoms with Gasteiger partial charge in [0.25, 0.3) is 0 Å². The summed E-state index contributed by atoms with van der Waals surface area (Å²) in [6, 6.07) is 8.02. The molecule has 3 heterocycles. The van der Waals surface area contributed by atoms with Crippen LogP contribution in [0.15, 0.2) is 36.7 Å². The average Bonchev–Trinajstić information content (AvgIpc) is 2.61. The van der Waals surface area contributed by atoms with Crippen LogP contribution in [0.4, 0.5) is 4.79 Å². The molecule has 0 bridgehead atoms. The molecule has 0 unspecified atom stereocenters. The van der Waals surface area contributed by atoms with Gasteiger partial charge in [0.05, 0.1) is 0 Å². The zero-order valence-electron chi connectivity index (χ0n) is 16.8. The van der Waals surface area contributed by atoms with Crippen molar-refractivity contribution in [2.24, 2.45) is 5.92 Å². The number of pyridine rings is 2. The number of nitrogens with zero attached hydrogens (tertiary/aromatic N) is 3. The molecule has 150 valence electrons. The molecule has 2 aromatic heterocycles. The van der Waals surface area contributed by atoms with Crippen LogP contribution in [0.3, 0.4) is 0 Å². The Kier molecular flexibility index (Phi) is 6.55. The molecule has 0 spiro atoms. The van der Waals surface area contributed by atoms with Crippen LogP contribution < -0.4 is 0 Å². The van der Waals surface area contributed by atoms with Crippen molar-refractivity contribution >= 4 is 17.7 Å². The van der Waals surface area contributed by atoms with Crippen molar-refractivity contribution < 1.29 is 9.53 Å². The molecule has 1 aliphatic heterocycles. The minimum Gasteiger partial charge on any atom is -0.444 e. The predicted molar refractivity (Wildman–Crippen MR) is 111 cm³/mol. The first kappa shape index (κ1) is 20.6. The highest BCUT2D eigenvalue weighted by molar-refractivity contribution is 6.29. The van der Waals surface area contributed by atoms with Gasteiger partial charge in [-0.25, -0.2) is 9.78 Å². The monoisotopic (exact) mass is 401 g/mol. The molecule has 1 amide bonds. The third-order valence-corrected chi connectivity index (χ3v) is 4.90. The van der Waals surface area contributed by atoms with Gasteiger partial charge in [0.2, 0.25) is 0 Å². The molecule has 6 heteroatoms. The van der Waals surface area contributed by atoms with Crippen LogP contribution in [-0.2, 0) is 17.6 Å². The fourth-order valence-electron chi connectivity index (χ4n) is 3.58. The van der Waals surface area contributed by atoms with E-state index in [1.165, 1.54) is 0 Å². The van der Waals surface area contributed by atoms with Crippen LogP contribution in [-0.4, -0.2) is 39.7 Å². The van der Waals surface area contributed by atoms with Gasteiger partial charge in [0.1, 0.15) is 10.8 Å². The van der Waals surface area contributed by atoms with Crippen LogP contribution in [0.2, 0.25) is 5.15 Å². The summed E-state index contributed by atoms with van der Waals surface area (Å²) in [5.41, 5.74) is 2.77. The molecule has 0 aromatic carbocycles. The molecule has 0 radical (unpaired) electrons. The van der Waals surface area contributed by atoms with E-state index in [9.17, 15) is 4.79 Å². The number of carbonyl (C=O) groups is 1. The highest BCUT2D eigenvalue weighted by atomic mass is 35.5. The summed E-state index contributed by atoms with van der Waals surface area (Å²) in [5, 5.41) is 0.510. The highest BCUT2D eigenvalue weighted by Gasteiger charge is 2.28. The van der Waals surface area contributed by atoms with Crippen LogP contribution >= 0.6 is 11.6 Å². The quantitative estimate of drug-likeness (QED) is 0.683. The first-order valence-electron chi connectivity index (χ1n) is 9.81. The molecule has 1 atom stereocenters. The molecule has 28 heavy (non-hydrogen) atoms. The lowest BCUT2D eigenvalue weighted by atomic mass is 9.92. The van der Waals surface area contributed by atoms with Crippen LogP contribution in [0.25, 0.3) is 0 Å². The molecule has 0 N–H and O–H groups in total. The zero-order valence-corrected chi connectivity index (χ0v) is 17.6. The second-order valence-corrected chi connectivity index (χ2v) is 8.85. The Balaban J connectivity index is 1.65. The van der Waals surface area contributed by atoms with Crippen molar-refractivity contribution in [1.29, 1.82) is 0 Å². The lowest BCUT2D eigenvalue weighted by Gasteiger charge is -2.34. The average molecular weight is 402 g/mol. The molecule has 1 saturated heterocycles. The van der Waals surface area contributed by atoms with Crippen molar-refractivity contribution in [3.8, 4) is 0 Å². The van der Waals surface area contributed by atoms with Crippen molar-refractivity contribution in [2.45, 2.75) is 52.1 Å². The minimum atomic E-state index is -0.472. The standard InChI is InChI=1S/C22H28ClN3O2/c1-22(2,3)28-21(27)26-9-5-7-17(15-26)11-19-12-18(13-20(23)25-19)10-16-6-4-8-24-14-16/h4,6,8,12-14,17H,5,7,9-11,15H2,1-3H3/t17-/m1/s1. The van der Waals surface area contributed by atoms with Crippen LogP contribution in [0.1, 0.15) is 50.4 Å². The largest absolute Gasteiger partial charge is 0.444 e. The molecule has 5 nitrogen and oxygen atoms in total. The second-order valence-electron chi connectivity index (χ2n) is 8.47. The van der Waals surface area contributed by atoms with E-state index in [4.69, 9.17) is 16.3 Å². The molecule has 1 aliphatic rings. The van der Waals surface area contributed by atoms with Gasteiger partial charge >= 0.3 is 6.09 Å². The Bertz CT molecular complexity index is 805. The summed E-state index contributed by atoms with van der Waals surface area (Å²) >= 11 is 6.27. The maximum atomic E-state index is 12.4. The third-order valence-electron chi connectivity index (χ3n) is 4.71. The predicted octanol–water partition coefficient (Wildman–Crippen LogP) is 4.91.